The first-order chi connectivity index (χ1) is 10.3. The van der Waals surface area contributed by atoms with E-state index in [1.165, 1.54) is 5.56 Å². The molecule has 0 saturated heterocycles. The summed E-state index contributed by atoms with van der Waals surface area (Å²) in [6.45, 7) is 2.17. The highest BCUT2D eigenvalue weighted by Gasteiger charge is 2.10. The topological polar surface area (TPSA) is 46.0 Å². The lowest BCUT2D eigenvalue weighted by molar-refractivity contribution is 0.475. The molecule has 0 aliphatic heterocycles. The summed E-state index contributed by atoms with van der Waals surface area (Å²) in [5, 5.41) is 12.4. The number of aryl methyl sites for hydroxylation is 1. The summed E-state index contributed by atoms with van der Waals surface area (Å²) >= 11 is 1.63. The van der Waals surface area contributed by atoms with Gasteiger partial charge in [0.2, 0.25) is 0 Å². The molecule has 0 atom stereocenters. The molecule has 0 unspecified atom stereocenters. The summed E-state index contributed by atoms with van der Waals surface area (Å²) in [4.78, 5) is 8.95. The zero-order valence-corrected chi connectivity index (χ0v) is 12.6. The largest absolute Gasteiger partial charge is 0.508 e. The van der Waals surface area contributed by atoms with Crippen molar-refractivity contribution in [1.82, 2.24) is 9.97 Å². The van der Waals surface area contributed by atoms with Gasteiger partial charge in [-0.05, 0) is 42.3 Å². The van der Waals surface area contributed by atoms with Crippen LogP contribution in [0.5, 0.6) is 5.75 Å². The van der Waals surface area contributed by atoms with Crippen LogP contribution in [0, 0.1) is 0 Å². The second-order valence-corrected chi connectivity index (χ2v) is 5.73. The van der Waals surface area contributed by atoms with E-state index >= 15 is 0 Å². The maximum atomic E-state index is 9.36. The zero-order chi connectivity index (χ0) is 14.7. The van der Waals surface area contributed by atoms with Crippen molar-refractivity contribution < 1.29 is 5.11 Å². The summed E-state index contributed by atoms with van der Waals surface area (Å²) in [5.74, 6) is 0.270. The molecular formula is C17H16N2OS. The van der Waals surface area contributed by atoms with Gasteiger partial charge in [0.15, 0.2) is 0 Å². The van der Waals surface area contributed by atoms with E-state index in [1.54, 1.807) is 23.5 Å². The molecule has 1 aromatic carbocycles. The number of aromatic hydroxyl groups is 1. The summed E-state index contributed by atoms with van der Waals surface area (Å²) in [7, 11) is 0. The lowest BCUT2D eigenvalue weighted by atomic mass is 10.1. The molecule has 4 heteroatoms. The molecule has 106 valence electrons. The van der Waals surface area contributed by atoms with Crippen molar-refractivity contribution in [1.29, 1.82) is 0 Å². The molecule has 0 bridgehead atoms. The third kappa shape index (κ3) is 2.95. The smallest absolute Gasteiger partial charge is 0.125 e. The number of rotatable bonds is 4. The summed E-state index contributed by atoms with van der Waals surface area (Å²) in [6, 6.07) is 9.19. The van der Waals surface area contributed by atoms with Crippen LogP contribution in [0.2, 0.25) is 0 Å². The second kappa shape index (κ2) is 6.06. The van der Waals surface area contributed by atoms with Crippen LogP contribution in [0.4, 0.5) is 0 Å². The molecule has 2 aromatic heterocycles. The Hall–Kier alpha value is -2.20. The Morgan fingerprint density at radius 1 is 1.14 bits per heavy atom. The van der Waals surface area contributed by atoms with E-state index in [1.807, 2.05) is 29.9 Å². The van der Waals surface area contributed by atoms with E-state index in [4.69, 9.17) is 4.98 Å². The fourth-order valence-electron chi connectivity index (χ4n) is 2.27. The van der Waals surface area contributed by atoms with E-state index in [9.17, 15) is 5.11 Å². The number of thiazole rings is 1. The van der Waals surface area contributed by atoms with Crippen LogP contribution in [0.25, 0.3) is 21.8 Å². The molecule has 3 aromatic rings. The molecule has 21 heavy (non-hydrogen) atoms. The molecule has 0 aliphatic carbocycles. The number of pyridine rings is 1. The van der Waals surface area contributed by atoms with Gasteiger partial charge < -0.3 is 5.11 Å². The molecule has 0 radical (unpaired) electrons. The highest BCUT2D eigenvalue weighted by Crippen LogP contribution is 2.31. The summed E-state index contributed by atoms with van der Waals surface area (Å²) < 4.78 is 0. The van der Waals surface area contributed by atoms with E-state index in [-0.39, 0.29) is 5.75 Å². The van der Waals surface area contributed by atoms with E-state index < -0.39 is 0 Å². The minimum Gasteiger partial charge on any atom is -0.508 e. The molecule has 0 spiro atoms. The average molecular weight is 296 g/mol. The van der Waals surface area contributed by atoms with Gasteiger partial charge in [0, 0.05) is 28.9 Å². The van der Waals surface area contributed by atoms with Gasteiger partial charge in [-0.15, -0.1) is 11.3 Å². The molecule has 0 saturated carbocycles. The number of phenols is 1. The fourth-order valence-corrected chi connectivity index (χ4v) is 3.14. The number of benzene rings is 1. The van der Waals surface area contributed by atoms with Crippen LogP contribution in [-0.4, -0.2) is 15.1 Å². The van der Waals surface area contributed by atoms with E-state index in [2.05, 4.69) is 18.0 Å². The third-order valence-corrected chi connectivity index (χ3v) is 4.20. The van der Waals surface area contributed by atoms with Gasteiger partial charge in [-0.25, -0.2) is 4.98 Å². The Morgan fingerprint density at radius 2 is 1.95 bits per heavy atom. The summed E-state index contributed by atoms with van der Waals surface area (Å²) in [5.41, 5.74) is 4.35. The van der Waals surface area contributed by atoms with Crippen LogP contribution < -0.4 is 0 Å². The lowest BCUT2D eigenvalue weighted by Crippen LogP contribution is -1.90. The van der Waals surface area contributed by atoms with Gasteiger partial charge in [-0.2, -0.15) is 0 Å². The zero-order valence-electron chi connectivity index (χ0n) is 11.8. The van der Waals surface area contributed by atoms with Crippen molar-refractivity contribution in [3.63, 3.8) is 0 Å². The van der Waals surface area contributed by atoms with Crippen LogP contribution >= 0.6 is 11.3 Å². The number of aromatic nitrogens is 2. The van der Waals surface area contributed by atoms with Gasteiger partial charge in [0.05, 0.1) is 5.69 Å². The van der Waals surface area contributed by atoms with Crippen LogP contribution in [0.15, 0.2) is 48.1 Å². The molecule has 0 amide bonds. The molecular weight excluding hydrogens is 280 g/mol. The molecule has 0 aliphatic rings. The van der Waals surface area contributed by atoms with Crippen LogP contribution in [0.1, 0.15) is 18.9 Å². The quantitative estimate of drug-likeness (QED) is 0.769. The van der Waals surface area contributed by atoms with Crippen LogP contribution in [0.3, 0.4) is 0 Å². The fraction of sp³-hybridized carbons (Fsp3) is 0.176. The Bertz CT molecular complexity index is 735. The Kier molecular flexibility index (Phi) is 3.97. The third-order valence-electron chi connectivity index (χ3n) is 3.33. The van der Waals surface area contributed by atoms with Gasteiger partial charge in [0.1, 0.15) is 10.8 Å². The maximum absolute atomic E-state index is 9.36. The predicted octanol–water partition coefficient (Wildman–Crippen LogP) is 4.53. The van der Waals surface area contributed by atoms with Crippen LogP contribution in [-0.2, 0) is 6.42 Å². The molecule has 2 heterocycles. The molecule has 1 N–H and O–H groups in total. The Balaban J connectivity index is 1.97. The van der Waals surface area contributed by atoms with Crippen molar-refractivity contribution in [2.45, 2.75) is 19.8 Å². The Morgan fingerprint density at radius 3 is 2.71 bits per heavy atom. The normalized spacial score (nSPS) is 10.7. The number of hydrogen-bond acceptors (Lipinski definition) is 4. The van der Waals surface area contributed by atoms with Crippen molar-refractivity contribution in [2.75, 3.05) is 0 Å². The van der Waals surface area contributed by atoms with Gasteiger partial charge in [-0.3, -0.25) is 4.98 Å². The van der Waals surface area contributed by atoms with Crippen molar-refractivity contribution in [3.8, 4) is 27.6 Å². The lowest BCUT2D eigenvalue weighted by Gasteiger charge is -2.04. The molecule has 0 fully saturated rings. The average Bonchev–Trinajstić information content (AvgIpc) is 2.99. The predicted molar refractivity (Wildman–Crippen MR) is 86.4 cm³/mol. The number of nitrogens with zero attached hydrogens (tertiary/aromatic N) is 2. The highest BCUT2D eigenvalue weighted by atomic mass is 32.1. The highest BCUT2D eigenvalue weighted by molar-refractivity contribution is 7.13. The van der Waals surface area contributed by atoms with Crippen molar-refractivity contribution >= 4 is 11.3 Å². The Labute approximate surface area is 128 Å². The first-order valence-electron chi connectivity index (χ1n) is 6.96. The first-order valence-corrected chi connectivity index (χ1v) is 7.84. The van der Waals surface area contributed by atoms with Crippen molar-refractivity contribution in [3.05, 3.63) is 53.7 Å². The summed E-state index contributed by atoms with van der Waals surface area (Å²) in [6.07, 6.45) is 5.87. The maximum Gasteiger partial charge on any atom is 0.125 e. The monoisotopic (exact) mass is 296 g/mol. The van der Waals surface area contributed by atoms with E-state index in [0.29, 0.717) is 0 Å². The van der Waals surface area contributed by atoms with Gasteiger partial charge >= 0.3 is 0 Å². The minimum atomic E-state index is 0.270. The van der Waals surface area contributed by atoms with Gasteiger partial charge in [0.25, 0.3) is 0 Å². The standard InChI is InChI=1S/C17H16N2OS/c1-2-3-12-8-9-18-10-15(12)17-19-16(11-21-17)13-4-6-14(20)7-5-13/h4-11,20H,2-3H2,1H3. The second-order valence-electron chi connectivity index (χ2n) is 4.87. The van der Waals surface area contributed by atoms with E-state index in [0.717, 1.165) is 34.7 Å². The molecule has 3 nitrogen and oxygen atoms in total. The number of hydrogen-bond donors (Lipinski definition) is 1. The SMILES string of the molecule is CCCc1ccncc1-c1nc(-c2ccc(O)cc2)cs1. The molecule has 3 rings (SSSR count). The number of phenolic OH excluding ortho intramolecular Hbond substituents is 1. The van der Waals surface area contributed by atoms with Gasteiger partial charge in [-0.1, -0.05) is 13.3 Å². The minimum absolute atomic E-state index is 0.270. The van der Waals surface area contributed by atoms with Crippen molar-refractivity contribution in [2.24, 2.45) is 0 Å². The first kappa shape index (κ1) is 13.8.